The van der Waals surface area contributed by atoms with Crippen molar-refractivity contribution in [2.75, 3.05) is 6.54 Å². The standard InChI is InChI=1S/C16H20N6OS/c1-12(15-19-20-16(23-15)14-6-4-8-24-14)22-7-3-2-5-13(22)9-21-11-17-10-18-21/h4,6,8,10-13H,2-3,5,7,9H2,1H3. The molecular weight excluding hydrogens is 324 g/mol. The molecule has 3 aromatic rings. The van der Waals surface area contributed by atoms with Crippen LogP contribution in [0.15, 0.2) is 34.6 Å². The molecule has 1 aliphatic rings. The SMILES string of the molecule is CC(c1nnc(-c2cccs2)o1)N1CCCCC1Cn1cncn1. The first-order valence-electron chi connectivity index (χ1n) is 8.26. The highest BCUT2D eigenvalue weighted by molar-refractivity contribution is 7.13. The maximum atomic E-state index is 5.94. The summed E-state index contributed by atoms with van der Waals surface area (Å²) in [6, 6.07) is 4.50. The van der Waals surface area contributed by atoms with Gasteiger partial charge in [-0.25, -0.2) is 4.98 Å². The van der Waals surface area contributed by atoms with Gasteiger partial charge in [0, 0.05) is 6.04 Å². The summed E-state index contributed by atoms with van der Waals surface area (Å²) in [5.74, 6) is 1.29. The van der Waals surface area contributed by atoms with E-state index in [4.69, 9.17) is 4.42 Å². The topological polar surface area (TPSA) is 72.9 Å². The Kier molecular flexibility index (Phi) is 4.40. The zero-order chi connectivity index (χ0) is 16.4. The lowest BCUT2D eigenvalue weighted by Crippen LogP contribution is -2.43. The number of piperidine rings is 1. The Hall–Kier alpha value is -2.06. The molecule has 0 spiro atoms. The minimum Gasteiger partial charge on any atom is -0.418 e. The van der Waals surface area contributed by atoms with Gasteiger partial charge in [0.15, 0.2) is 0 Å². The van der Waals surface area contributed by atoms with Crippen molar-refractivity contribution in [1.82, 2.24) is 29.9 Å². The zero-order valence-electron chi connectivity index (χ0n) is 13.6. The van der Waals surface area contributed by atoms with Crippen molar-refractivity contribution in [3.63, 3.8) is 0 Å². The fourth-order valence-corrected chi connectivity index (χ4v) is 3.96. The van der Waals surface area contributed by atoms with Crippen LogP contribution in [0, 0.1) is 0 Å². The molecule has 0 bridgehead atoms. The fourth-order valence-electron chi connectivity index (χ4n) is 3.32. The van der Waals surface area contributed by atoms with E-state index in [0.717, 1.165) is 24.4 Å². The van der Waals surface area contributed by atoms with Crippen molar-refractivity contribution >= 4 is 11.3 Å². The van der Waals surface area contributed by atoms with Gasteiger partial charge in [0.25, 0.3) is 5.89 Å². The van der Waals surface area contributed by atoms with Gasteiger partial charge in [0.05, 0.1) is 17.5 Å². The molecule has 8 heteroatoms. The van der Waals surface area contributed by atoms with E-state index >= 15 is 0 Å². The van der Waals surface area contributed by atoms with Crippen LogP contribution in [0.1, 0.15) is 38.1 Å². The number of thiophene rings is 1. The van der Waals surface area contributed by atoms with Gasteiger partial charge in [-0.05, 0) is 37.8 Å². The molecule has 1 saturated heterocycles. The molecule has 0 radical (unpaired) electrons. The van der Waals surface area contributed by atoms with Crippen LogP contribution in [-0.2, 0) is 6.54 Å². The van der Waals surface area contributed by atoms with Crippen molar-refractivity contribution in [2.24, 2.45) is 0 Å². The third-order valence-electron chi connectivity index (χ3n) is 4.56. The van der Waals surface area contributed by atoms with Crippen LogP contribution in [0.25, 0.3) is 10.8 Å². The normalized spacial score (nSPS) is 20.3. The molecule has 0 aliphatic carbocycles. The summed E-state index contributed by atoms with van der Waals surface area (Å²) in [6.45, 7) is 4.03. The van der Waals surface area contributed by atoms with Crippen LogP contribution >= 0.6 is 11.3 Å². The van der Waals surface area contributed by atoms with E-state index < -0.39 is 0 Å². The third-order valence-corrected chi connectivity index (χ3v) is 5.42. The van der Waals surface area contributed by atoms with Gasteiger partial charge in [0.1, 0.15) is 12.7 Å². The van der Waals surface area contributed by atoms with Gasteiger partial charge in [0.2, 0.25) is 5.89 Å². The summed E-state index contributed by atoms with van der Waals surface area (Å²) < 4.78 is 7.84. The number of hydrogen-bond donors (Lipinski definition) is 0. The summed E-state index contributed by atoms with van der Waals surface area (Å²) in [4.78, 5) is 7.51. The summed E-state index contributed by atoms with van der Waals surface area (Å²) in [5, 5.41) is 14.8. The van der Waals surface area contributed by atoms with Gasteiger partial charge in [-0.1, -0.05) is 12.5 Å². The molecule has 0 amide bonds. The molecule has 0 aromatic carbocycles. The molecule has 0 saturated carbocycles. The van der Waals surface area contributed by atoms with Gasteiger partial charge in [-0.15, -0.1) is 21.5 Å². The Morgan fingerprint density at radius 1 is 1.38 bits per heavy atom. The van der Waals surface area contributed by atoms with E-state index in [-0.39, 0.29) is 6.04 Å². The fraction of sp³-hybridized carbons (Fsp3) is 0.500. The molecule has 1 aliphatic heterocycles. The molecule has 2 unspecified atom stereocenters. The van der Waals surface area contributed by atoms with Gasteiger partial charge < -0.3 is 4.42 Å². The molecular formula is C16H20N6OS. The smallest absolute Gasteiger partial charge is 0.257 e. The summed E-state index contributed by atoms with van der Waals surface area (Å²) in [5.41, 5.74) is 0. The van der Waals surface area contributed by atoms with E-state index in [9.17, 15) is 0 Å². The van der Waals surface area contributed by atoms with E-state index in [1.807, 2.05) is 22.2 Å². The van der Waals surface area contributed by atoms with Crippen LogP contribution in [-0.4, -0.2) is 42.4 Å². The number of hydrogen-bond acceptors (Lipinski definition) is 7. The van der Waals surface area contributed by atoms with Crippen LogP contribution in [0.5, 0.6) is 0 Å². The van der Waals surface area contributed by atoms with E-state index in [2.05, 4.69) is 32.1 Å². The molecule has 1 fully saturated rings. The van der Waals surface area contributed by atoms with Crippen LogP contribution in [0.2, 0.25) is 0 Å². The molecule has 24 heavy (non-hydrogen) atoms. The highest BCUT2D eigenvalue weighted by atomic mass is 32.1. The van der Waals surface area contributed by atoms with Gasteiger partial charge in [-0.3, -0.25) is 9.58 Å². The second-order valence-corrected chi connectivity index (χ2v) is 7.05. The lowest BCUT2D eigenvalue weighted by atomic mass is 10.00. The largest absolute Gasteiger partial charge is 0.418 e. The molecule has 126 valence electrons. The Balaban J connectivity index is 1.52. The van der Waals surface area contributed by atoms with Crippen molar-refractivity contribution < 1.29 is 4.42 Å². The third kappa shape index (κ3) is 3.11. The quantitative estimate of drug-likeness (QED) is 0.708. The summed E-state index contributed by atoms with van der Waals surface area (Å²) in [6.07, 6.45) is 6.95. The molecule has 4 rings (SSSR count). The highest BCUT2D eigenvalue weighted by Gasteiger charge is 2.30. The number of rotatable bonds is 5. The van der Waals surface area contributed by atoms with Crippen molar-refractivity contribution in [3.8, 4) is 10.8 Å². The molecule has 3 aromatic heterocycles. The second-order valence-electron chi connectivity index (χ2n) is 6.10. The first kappa shape index (κ1) is 15.5. The second kappa shape index (κ2) is 6.82. The lowest BCUT2D eigenvalue weighted by molar-refractivity contribution is 0.0754. The Bertz CT molecular complexity index is 753. The molecule has 4 heterocycles. The molecule has 0 N–H and O–H groups in total. The average molecular weight is 344 g/mol. The minimum absolute atomic E-state index is 0.0973. The van der Waals surface area contributed by atoms with Crippen LogP contribution in [0.4, 0.5) is 0 Å². The lowest BCUT2D eigenvalue weighted by Gasteiger charge is -2.38. The monoisotopic (exact) mass is 344 g/mol. The Morgan fingerprint density at radius 3 is 3.12 bits per heavy atom. The Labute approximate surface area is 144 Å². The predicted octanol–water partition coefficient (Wildman–Crippen LogP) is 3.01. The number of aromatic nitrogens is 5. The Morgan fingerprint density at radius 2 is 2.33 bits per heavy atom. The maximum absolute atomic E-state index is 5.94. The predicted molar refractivity (Wildman–Crippen MR) is 90.4 cm³/mol. The number of nitrogens with zero attached hydrogens (tertiary/aromatic N) is 6. The highest BCUT2D eigenvalue weighted by Crippen LogP contribution is 2.31. The average Bonchev–Trinajstić information content (AvgIpc) is 3.35. The van der Waals surface area contributed by atoms with Crippen molar-refractivity contribution in [1.29, 1.82) is 0 Å². The first-order valence-corrected chi connectivity index (χ1v) is 9.14. The summed E-state index contributed by atoms with van der Waals surface area (Å²) >= 11 is 1.61. The maximum Gasteiger partial charge on any atom is 0.257 e. The van der Waals surface area contributed by atoms with Gasteiger partial charge >= 0.3 is 0 Å². The van der Waals surface area contributed by atoms with E-state index in [1.165, 1.54) is 12.8 Å². The molecule has 7 nitrogen and oxygen atoms in total. The molecule has 2 atom stereocenters. The van der Waals surface area contributed by atoms with Gasteiger partial charge in [-0.2, -0.15) is 5.10 Å². The first-order chi connectivity index (χ1) is 11.8. The van der Waals surface area contributed by atoms with Crippen molar-refractivity contribution in [3.05, 3.63) is 36.1 Å². The zero-order valence-corrected chi connectivity index (χ0v) is 14.4. The van der Waals surface area contributed by atoms with E-state index in [1.54, 1.807) is 24.0 Å². The van der Waals surface area contributed by atoms with Crippen LogP contribution < -0.4 is 0 Å². The van der Waals surface area contributed by atoms with Crippen LogP contribution in [0.3, 0.4) is 0 Å². The van der Waals surface area contributed by atoms with E-state index in [0.29, 0.717) is 17.8 Å². The number of likely N-dealkylation sites (tertiary alicyclic amines) is 1. The van der Waals surface area contributed by atoms with Crippen molar-refractivity contribution in [2.45, 2.75) is 44.8 Å². The summed E-state index contributed by atoms with van der Waals surface area (Å²) in [7, 11) is 0. The minimum atomic E-state index is 0.0973.